The van der Waals surface area contributed by atoms with Gasteiger partial charge in [0.2, 0.25) is 17.6 Å². The predicted octanol–water partition coefficient (Wildman–Crippen LogP) is 2.24. The van der Waals surface area contributed by atoms with Crippen LogP contribution in [0.3, 0.4) is 0 Å². The Morgan fingerprint density at radius 1 is 1.07 bits per heavy atom. The highest BCUT2D eigenvalue weighted by molar-refractivity contribution is 7.15. The lowest BCUT2D eigenvalue weighted by Crippen LogP contribution is -2.59. The summed E-state index contributed by atoms with van der Waals surface area (Å²) in [5.41, 5.74) is -0.936. The molecule has 1 aromatic carbocycles. The van der Waals surface area contributed by atoms with Crippen LogP contribution in [0.5, 0.6) is 5.75 Å². The zero-order chi connectivity index (χ0) is 29.6. The summed E-state index contributed by atoms with van der Waals surface area (Å²) in [5.74, 6) is -2.29. The molecule has 40 heavy (non-hydrogen) atoms. The molecule has 1 aliphatic carbocycles. The summed E-state index contributed by atoms with van der Waals surface area (Å²) in [4.78, 5) is 76.0. The van der Waals surface area contributed by atoms with E-state index < -0.39 is 58.1 Å². The number of likely N-dealkylation sites (tertiary alicyclic amines) is 1. The number of Topliss-reactive ketones (excluding diaryl/α,β-unsaturated/α-hetero) is 1. The molecule has 1 saturated heterocycles. The summed E-state index contributed by atoms with van der Waals surface area (Å²) in [7, 11) is 1.98. The Morgan fingerprint density at radius 2 is 1.73 bits per heavy atom. The molecule has 14 heteroatoms. The minimum Gasteiger partial charge on any atom is -0.410 e. The molecule has 0 bridgehead atoms. The summed E-state index contributed by atoms with van der Waals surface area (Å²) < 4.78 is 5.23. The van der Waals surface area contributed by atoms with Crippen molar-refractivity contribution in [1.29, 1.82) is 0 Å². The Morgan fingerprint density at radius 3 is 2.25 bits per heavy atom. The molecule has 218 valence electrons. The van der Waals surface area contributed by atoms with Crippen molar-refractivity contribution in [3.63, 3.8) is 0 Å². The Hall–Kier alpha value is -3.60. The molecule has 13 nitrogen and oxygen atoms in total. The van der Waals surface area contributed by atoms with Crippen molar-refractivity contribution >= 4 is 44.7 Å². The highest BCUT2D eigenvalue weighted by Gasteiger charge is 2.43. The number of nitrogens with one attached hydrogen (secondary N) is 3. The minimum absolute atomic E-state index is 0.0540. The first-order valence-electron chi connectivity index (χ1n) is 13.2. The van der Waals surface area contributed by atoms with E-state index in [1.54, 1.807) is 20.8 Å². The van der Waals surface area contributed by atoms with Crippen LogP contribution < -0.4 is 20.5 Å². The monoisotopic (exact) mass is 577 g/mol. The van der Waals surface area contributed by atoms with Crippen molar-refractivity contribution in [3.05, 3.63) is 34.4 Å². The van der Waals surface area contributed by atoms with Gasteiger partial charge in [-0.1, -0.05) is 40.0 Å². The Kier molecular flexibility index (Phi) is 10.2. The summed E-state index contributed by atoms with van der Waals surface area (Å²) in [6.07, 6.45) is 3.20. The molecule has 3 N–H and O–H groups in total. The maximum Gasteiger partial charge on any atom is 0.413 e. The molecule has 1 saturated carbocycles. The van der Waals surface area contributed by atoms with Crippen LogP contribution in [-0.2, 0) is 19.2 Å². The molecule has 4 atom stereocenters. The standard InChI is InChI=1S/C26H36N5O8P/c1-26(2,3)21(28-25(36)39-17-11-9-16(10-12-17)31(37)38)24(35)30-13-5-8-19(30)22(33)27-18(14-15-6-4-7-15)20(32)23(34)29-40/h9-12,15,18-19,21H,4-8,13-14,40H2,1-3H3,(H,27,33)(H,28,36)(H,29,34)/t18?,19-,21+/m0/s1. The lowest BCUT2D eigenvalue weighted by molar-refractivity contribution is -0.384. The van der Waals surface area contributed by atoms with E-state index in [0.717, 1.165) is 19.3 Å². The molecule has 0 spiro atoms. The normalized spacial score (nSPS) is 18.6. The number of ketones is 1. The van der Waals surface area contributed by atoms with Crippen molar-refractivity contribution in [3.8, 4) is 5.75 Å². The first-order valence-corrected chi connectivity index (χ1v) is 13.8. The maximum atomic E-state index is 13.7. The maximum absolute atomic E-state index is 13.7. The number of benzene rings is 1. The fourth-order valence-corrected chi connectivity index (χ4v) is 4.94. The molecule has 1 heterocycles. The van der Waals surface area contributed by atoms with Crippen molar-refractivity contribution in [2.75, 3.05) is 6.54 Å². The summed E-state index contributed by atoms with van der Waals surface area (Å²) >= 11 is 0. The SMILES string of the molecule is CC(C)(C)[C@H](NC(=O)Oc1ccc([N+](=O)[O-])cc1)C(=O)N1CCC[C@H]1C(=O)NC(CC1CCC1)C(=O)C(=O)NP. The van der Waals surface area contributed by atoms with Crippen molar-refractivity contribution < 1.29 is 33.6 Å². The number of amides is 4. The second-order valence-corrected chi connectivity index (χ2v) is 11.5. The van der Waals surface area contributed by atoms with Crippen LogP contribution in [0.15, 0.2) is 24.3 Å². The zero-order valence-electron chi connectivity index (χ0n) is 22.8. The number of ether oxygens (including phenoxy) is 1. The van der Waals surface area contributed by atoms with Crippen LogP contribution >= 0.6 is 9.39 Å². The van der Waals surface area contributed by atoms with E-state index in [1.807, 2.05) is 9.39 Å². The van der Waals surface area contributed by atoms with Gasteiger partial charge in [-0.15, -0.1) is 0 Å². The van der Waals surface area contributed by atoms with Gasteiger partial charge in [0.15, 0.2) is 0 Å². The van der Waals surface area contributed by atoms with Gasteiger partial charge in [-0.25, -0.2) is 4.79 Å². The fraction of sp³-hybridized carbons (Fsp3) is 0.577. The third-order valence-corrected chi connectivity index (χ3v) is 7.52. The van der Waals surface area contributed by atoms with E-state index in [9.17, 15) is 34.1 Å². The average molecular weight is 578 g/mol. The van der Waals surface area contributed by atoms with E-state index in [-0.39, 0.29) is 23.9 Å². The van der Waals surface area contributed by atoms with Crippen LogP contribution in [0.25, 0.3) is 0 Å². The highest BCUT2D eigenvalue weighted by Crippen LogP contribution is 2.31. The van der Waals surface area contributed by atoms with Crippen LogP contribution in [0.4, 0.5) is 10.5 Å². The topological polar surface area (TPSA) is 177 Å². The number of hydrogen-bond donors (Lipinski definition) is 3. The Balaban J connectivity index is 1.71. The molecule has 1 aliphatic heterocycles. The second-order valence-electron chi connectivity index (χ2n) is 11.2. The van der Waals surface area contributed by atoms with Crippen molar-refractivity contribution in [2.24, 2.45) is 11.3 Å². The van der Waals surface area contributed by atoms with Gasteiger partial charge in [0.1, 0.15) is 17.8 Å². The third kappa shape index (κ3) is 7.74. The van der Waals surface area contributed by atoms with Gasteiger partial charge in [-0.05, 0) is 52.1 Å². The van der Waals surface area contributed by atoms with Gasteiger partial charge in [0.05, 0.1) is 11.0 Å². The number of hydrogen-bond acceptors (Lipinski definition) is 8. The Labute approximate surface area is 234 Å². The number of non-ortho nitro benzene ring substituents is 1. The number of rotatable bonds is 10. The molecule has 3 rings (SSSR count). The smallest absolute Gasteiger partial charge is 0.410 e. The molecule has 0 aromatic heterocycles. The Bertz CT molecular complexity index is 1150. The molecule has 2 fully saturated rings. The number of nitrogens with zero attached hydrogens (tertiary/aromatic N) is 2. The highest BCUT2D eigenvalue weighted by atomic mass is 31.0. The second kappa shape index (κ2) is 13.2. The van der Waals surface area contributed by atoms with Crippen LogP contribution in [0.1, 0.15) is 59.3 Å². The van der Waals surface area contributed by atoms with E-state index >= 15 is 0 Å². The van der Waals surface area contributed by atoms with Gasteiger partial charge in [0, 0.05) is 18.7 Å². The molecular weight excluding hydrogens is 541 g/mol. The van der Waals surface area contributed by atoms with E-state index in [2.05, 4.69) is 15.7 Å². The van der Waals surface area contributed by atoms with Gasteiger partial charge in [-0.2, -0.15) is 0 Å². The fourth-order valence-electron chi connectivity index (χ4n) is 4.80. The van der Waals surface area contributed by atoms with E-state index in [4.69, 9.17) is 4.74 Å². The predicted molar refractivity (Wildman–Crippen MR) is 147 cm³/mol. The molecular formula is C26H36N5O8P. The van der Waals surface area contributed by atoms with Gasteiger partial charge in [0.25, 0.3) is 11.6 Å². The van der Waals surface area contributed by atoms with Crippen LogP contribution in [0.2, 0.25) is 0 Å². The summed E-state index contributed by atoms with van der Waals surface area (Å²) in [5, 5.41) is 18.4. The van der Waals surface area contributed by atoms with E-state index in [0.29, 0.717) is 19.3 Å². The number of nitro groups is 1. The van der Waals surface area contributed by atoms with Crippen molar-refractivity contribution in [1.82, 2.24) is 20.6 Å². The van der Waals surface area contributed by atoms with Gasteiger partial charge >= 0.3 is 6.09 Å². The number of nitro benzene ring substituents is 1. The van der Waals surface area contributed by atoms with Gasteiger partial charge < -0.3 is 25.4 Å². The minimum atomic E-state index is -1.07. The summed E-state index contributed by atoms with van der Waals surface area (Å²) in [6.45, 7) is 5.53. The van der Waals surface area contributed by atoms with Crippen LogP contribution in [0, 0.1) is 21.4 Å². The van der Waals surface area contributed by atoms with Gasteiger partial charge in [-0.3, -0.25) is 29.3 Å². The lowest BCUT2D eigenvalue weighted by atomic mass is 9.80. The first kappa shape index (κ1) is 30.9. The number of carbonyl (C=O) groups is 5. The molecule has 0 radical (unpaired) electrons. The zero-order valence-corrected chi connectivity index (χ0v) is 24.0. The lowest BCUT2D eigenvalue weighted by Gasteiger charge is -2.35. The number of carbonyl (C=O) groups excluding carboxylic acids is 5. The largest absolute Gasteiger partial charge is 0.413 e. The van der Waals surface area contributed by atoms with E-state index in [1.165, 1.54) is 29.2 Å². The summed E-state index contributed by atoms with van der Waals surface area (Å²) in [6, 6.07) is 1.98. The van der Waals surface area contributed by atoms with Crippen molar-refractivity contribution in [2.45, 2.75) is 77.4 Å². The average Bonchev–Trinajstić information content (AvgIpc) is 3.37. The molecule has 1 aromatic rings. The molecule has 2 aliphatic rings. The molecule has 2 unspecified atom stereocenters. The quantitative estimate of drug-likeness (QED) is 0.164. The van der Waals surface area contributed by atoms with Crippen LogP contribution in [-0.4, -0.2) is 64.1 Å². The first-order chi connectivity index (χ1) is 18.8. The third-order valence-electron chi connectivity index (χ3n) is 7.25. The molecule has 4 amide bonds.